The fourth-order valence-corrected chi connectivity index (χ4v) is 3.51. The van der Waals surface area contributed by atoms with Gasteiger partial charge in [0.1, 0.15) is 11.3 Å². The summed E-state index contributed by atoms with van der Waals surface area (Å²) >= 11 is 1.27. The molecule has 25 heavy (non-hydrogen) atoms. The molecule has 0 bridgehead atoms. The zero-order valence-electron chi connectivity index (χ0n) is 14.7. The topological polar surface area (TPSA) is 89.0 Å². The Labute approximate surface area is 151 Å². The van der Waals surface area contributed by atoms with E-state index in [2.05, 4.69) is 46.6 Å². The molecule has 2 aromatic heterocycles. The molecule has 1 saturated heterocycles. The SMILES string of the molecule is CC(C)(C)C1OCCC1CNc1ccc(C(=O)Nc2nncs2)cn1. The third-order valence-electron chi connectivity index (χ3n) is 4.22. The van der Waals surface area contributed by atoms with Crippen LogP contribution in [0.2, 0.25) is 0 Å². The summed E-state index contributed by atoms with van der Waals surface area (Å²) in [4.78, 5) is 16.4. The van der Waals surface area contributed by atoms with Gasteiger partial charge < -0.3 is 10.1 Å². The lowest BCUT2D eigenvalue weighted by Gasteiger charge is -2.31. The van der Waals surface area contributed by atoms with Crippen LogP contribution in [-0.4, -0.2) is 40.3 Å². The molecule has 0 aliphatic carbocycles. The van der Waals surface area contributed by atoms with Crippen LogP contribution in [0.25, 0.3) is 0 Å². The van der Waals surface area contributed by atoms with Gasteiger partial charge in [-0.25, -0.2) is 4.98 Å². The summed E-state index contributed by atoms with van der Waals surface area (Å²) in [5.41, 5.74) is 2.18. The molecular formula is C17H23N5O2S. The van der Waals surface area contributed by atoms with Crippen LogP contribution < -0.4 is 10.6 Å². The number of pyridine rings is 1. The number of amides is 1. The van der Waals surface area contributed by atoms with E-state index in [0.717, 1.165) is 25.4 Å². The molecule has 1 fully saturated rings. The van der Waals surface area contributed by atoms with Crippen LogP contribution in [0.5, 0.6) is 0 Å². The Morgan fingerprint density at radius 2 is 2.24 bits per heavy atom. The molecule has 8 heteroatoms. The van der Waals surface area contributed by atoms with E-state index in [0.29, 0.717) is 16.6 Å². The fourth-order valence-electron chi connectivity index (χ4n) is 3.07. The summed E-state index contributed by atoms with van der Waals surface area (Å²) in [6, 6.07) is 3.56. The van der Waals surface area contributed by atoms with Crippen LogP contribution in [-0.2, 0) is 4.74 Å². The van der Waals surface area contributed by atoms with Crippen molar-refractivity contribution in [2.45, 2.75) is 33.3 Å². The highest BCUT2D eigenvalue weighted by molar-refractivity contribution is 7.13. The number of ether oxygens (including phenoxy) is 1. The molecular weight excluding hydrogens is 338 g/mol. The number of aromatic nitrogens is 3. The van der Waals surface area contributed by atoms with Gasteiger partial charge in [0.2, 0.25) is 5.13 Å². The van der Waals surface area contributed by atoms with Crippen molar-refractivity contribution in [1.82, 2.24) is 15.2 Å². The standard InChI is InChI=1S/C17H23N5O2S/c1-17(2,3)14-11(6-7-24-14)8-18-13-5-4-12(9-19-13)15(23)21-16-22-20-10-25-16/h4-5,9-11,14H,6-8H2,1-3H3,(H,18,19)(H,21,22,23). The van der Waals surface area contributed by atoms with E-state index in [9.17, 15) is 4.79 Å². The van der Waals surface area contributed by atoms with Crippen LogP contribution in [0.3, 0.4) is 0 Å². The maximum absolute atomic E-state index is 12.1. The Kier molecular flexibility index (Phi) is 5.29. The van der Waals surface area contributed by atoms with Crippen LogP contribution in [0.15, 0.2) is 23.8 Å². The van der Waals surface area contributed by atoms with Crippen molar-refractivity contribution in [2.24, 2.45) is 11.3 Å². The first-order valence-corrected chi connectivity index (χ1v) is 9.20. The molecule has 1 aliphatic heterocycles. The van der Waals surface area contributed by atoms with Crippen molar-refractivity contribution in [2.75, 3.05) is 23.8 Å². The van der Waals surface area contributed by atoms with Gasteiger partial charge in [0.25, 0.3) is 5.91 Å². The second kappa shape index (κ2) is 7.45. The summed E-state index contributed by atoms with van der Waals surface area (Å²) in [5.74, 6) is 0.974. The summed E-state index contributed by atoms with van der Waals surface area (Å²) in [5, 5.41) is 14.0. The molecule has 2 N–H and O–H groups in total. The number of rotatable bonds is 5. The number of nitrogens with zero attached hydrogens (tertiary/aromatic N) is 3. The third-order valence-corrected chi connectivity index (χ3v) is 4.83. The predicted molar refractivity (Wildman–Crippen MR) is 97.9 cm³/mol. The third kappa shape index (κ3) is 4.52. The van der Waals surface area contributed by atoms with Gasteiger partial charge in [-0.05, 0) is 24.0 Å². The van der Waals surface area contributed by atoms with Crippen molar-refractivity contribution < 1.29 is 9.53 Å². The van der Waals surface area contributed by atoms with Gasteiger partial charge >= 0.3 is 0 Å². The summed E-state index contributed by atoms with van der Waals surface area (Å²) < 4.78 is 5.90. The molecule has 1 aliphatic rings. The molecule has 3 rings (SSSR count). The summed E-state index contributed by atoms with van der Waals surface area (Å²) in [6.45, 7) is 8.25. The maximum atomic E-state index is 12.1. The zero-order valence-corrected chi connectivity index (χ0v) is 15.5. The van der Waals surface area contributed by atoms with E-state index in [1.165, 1.54) is 11.3 Å². The van der Waals surface area contributed by atoms with Gasteiger partial charge in [0, 0.05) is 25.3 Å². The molecule has 1 amide bonds. The first kappa shape index (κ1) is 17.8. The average Bonchev–Trinajstić information content (AvgIpc) is 3.24. The Balaban J connectivity index is 1.55. The molecule has 0 radical (unpaired) electrons. The number of carbonyl (C=O) groups is 1. The first-order chi connectivity index (χ1) is 11.9. The minimum absolute atomic E-state index is 0.128. The van der Waals surface area contributed by atoms with Crippen LogP contribution in [0.1, 0.15) is 37.6 Å². The molecule has 2 aromatic rings. The zero-order chi connectivity index (χ0) is 17.9. The van der Waals surface area contributed by atoms with Gasteiger partial charge in [0.05, 0.1) is 11.7 Å². The van der Waals surface area contributed by atoms with Crippen molar-refractivity contribution in [1.29, 1.82) is 0 Å². The van der Waals surface area contributed by atoms with E-state index < -0.39 is 0 Å². The Hall–Kier alpha value is -2.06. The largest absolute Gasteiger partial charge is 0.377 e. The van der Waals surface area contributed by atoms with Gasteiger partial charge in [-0.1, -0.05) is 32.1 Å². The van der Waals surface area contributed by atoms with E-state index in [1.54, 1.807) is 17.8 Å². The number of hydrogen-bond acceptors (Lipinski definition) is 7. The monoisotopic (exact) mass is 361 g/mol. The Morgan fingerprint density at radius 1 is 1.40 bits per heavy atom. The lowest BCUT2D eigenvalue weighted by molar-refractivity contribution is 0.00956. The van der Waals surface area contributed by atoms with Gasteiger partial charge in [-0.15, -0.1) is 10.2 Å². The smallest absolute Gasteiger partial charge is 0.259 e. The summed E-state index contributed by atoms with van der Waals surface area (Å²) in [6.07, 6.45) is 2.86. The molecule has 0 spiro atoms. The predicted octanol–water partition coefficient (Wildman–Crippen LogP) is 3.05. The van der Waals surface area contributed by atoms with Crippen molar-refractivity contribution in [3.8, 4) is 0 Å². The number of carbonyl (C=O) groups excluding carboxylic acids is 1. The highest BCUT2D eigenvalue weighted by Crippen LogP contribution is 2.34. The molecule has 2 unspecified atom stereocenters. The van der Waals surface area contributed by atoms with Gasteiger partial charge in [0.15, 0.2) is 0 Å². The lowest BCUT2D eigenvalue weighted by atomic mass is 9.81. The highest BCUT2D eigenvalue weighted by Gasteiger charge is 2.36. The summed E-state index contributed by atoms with van der Waals surface area (Å²) in [7, 11) is 0. The lowest BCUT2D eigenvalue weighted by Crippen LogP contribution is -2.34. The minimum atomic E-state index is -0.243. The van der Waals surface area contributed by atoms with E-state index in [4.69, 9.17) is 4.74 Å². The van der Waals surface area contributed by atoms with Crippen LogP contribution in [0.4, 0.5) is 10.9 Å². The quantitative estimate of drug-likeness (QED) is 0.851. The van der Waals surface area contributed by atoms with Crippen LogP contribution >= 0.6 is 11.3 Å². The Bertz CT molecular complexity index is 697. The molecule has 2 atom stereocenters. The highest BCUT2D eigenvalue weighted by atomic mass is 32.1. The number of nitrogens with one attached hydrogen (secondary N) is 2. The second-order valence-corrected chi connectivity index (χ2v) is 8.05. The van der Waals surface area contributed by atoms with Gasteiger partial charge in [-0.3, -0.25) is 10.1 Å². The molecule has 3 heterocycles. The van der Waals surface area contributed by atoms with Gasteiger partial charge in [-0.2, -0.15) is 0 Å². The van der Waals surface area contributed by atoms with E-state index in [-0.39, 0.29) is 17.4 Å². The molecule has 0 saturated carbocycles. The second-order valence-electron chi connectivity index (χ2n) is 7.22. The molecule has 134 valence electrons. The molecule has 7 nitrogen and oxygen atoms in total. The van der Waals surface area contributed by atoms with Crippen molar-refractivity contribution >= 4 is 28.2 Å². The van der Waals surface area contributed by atoms with E-state index >= 15 is 0 Å². The van der Waals surface area contributed by atoms with Crippen molar-refractivity contribution in [3.63, 3.8) is 0 Å². The average molecular weight is 361 g/mol. The Morgan fingerprint density at radius 3 is 2.88 bits per heavy atom. The normalized spacial score (nSPS) is 20.4. The minimum Gasteiger partial charge on any atom is -0.377 e. The van der Waals surface area contributed by atoms with Crippen LogP contribution in [0, 0.1) is 11.3 Å². The first-order valence-electron chi connectivity index (χ1n) is 8.32. The maximum Gasteiger partial charge on any atom is 0.259 e. The fraction of sp³-hybridized carbons (Fsp3) is 0.529. The van der Waals surface area contributed by atoms with E-state index in [1.807, 2.05) is 6.07 Å². The number of hydrogen-bond donors (Lipinski definition) is 2. The number of anilines is 2. The van der Waals surface area contributed by atoms with Crippen molar-refractivity contribution in [3.05, 3.63) is 29.4 Å². The molecule has 0 aromatic carbocycles.